The Kier molecular flexibility index (Phi) is 2.90. The lowest BCUT2D eigenvalue weighted by atomic mass is 10.5. The predicted molar refractivity (Wildman–Crippen MR) is 53.9 cm³/mol. The largest absolute Gasteiger partial charge is 0.445 e. The molecule has 2 aromatic heterocycles. The van der Waals surface area contributed by atoms with Crippen molar-refractivity contribution < 1.29 is 4.42 Å². The van der Waals surface area contributed by atoms with Gasteiger partial charge in [0.1, 0.15) is 5.76 Å². The number of thiazole rings is 1. The number of oxazole rings is 1. The van der Waals surface area contributed by atoms with E-state index < -0.39 is 0 Å². The van der Waals surface area contributed by atoms with Gasteiger partial charge in [0.05, 0.1) is 18.3 Å². The highest BCUT2D eigenvalue weighted by atomic mass is 32.1. The summed E-state index contributed by atoms with van der Waals surface area (Å²) in [6.07, 6.45) is 3.59. The standard InChI is InChI=1S/C9H11N3OS/c1-7-2-12-9(13-7)5-10-3-8-4-11-6-14-8/h2,4,6,10H,3,5H2,1H3. The molecular weight excluding hydrogens is 198 g/mol. The Morgan fingerprint density at radius 2 is 2.36 bits per heavy atom. The molecule has 0 spiro atoms. The Bertz CT molecular complexity index is 382. The maximum atomic E-state index is 5.32. The van der Waals surface area contributed by atoms with E-state index in [9.17, 15) is 0 Å². The molecule has 2 rings (SSSR count). The molecule has 0 aliphatic heterocycles. The zero-order chi connectivity index (χ0) is 9.80. The molecule has 0 atom stereocenters. The van der Waals surface area contributed by atoms with Gasteiger partial charge in [-0.2, -0.15) is 0 Å². The summed E-state index contributed by atoms with van der Waals surface area (Å²) in [6, 6.07) is 0. The molecule has 0 aromatic carbocycles. The molecule has 0 saturated carbocycles. The first-order valence-electron chi connectivity index (χ1n) is 4.34. The van der Waals surface area contributed by atoms with Crippen molar-refractivity contribution in [1.82, 2.24) is 15.3 Å². The second-order valence-corrected chi connectivity index (χ2v) is 3.91. The average Bonchev–Trinajstić information content (AvgIpc) is 2.77. The van der Waals surface area contributed by atoms with Crippen molar-refractivity contribution in [3.63, 3.8) is 0 Å². The Balaban J connectivity index is 1.78. The Morgan fingerprint density at radius 3 is 3.00 bits per heavy atom. The van der Waals surface area contributed by atoms with E-state index in [1.807, 2.05) is 18.6 Å². The van der Waals surface area contributed by atoms with Crippen LogP contribution in [0.3, 0.4) is 0 Å². The fraction of sp³-hybridized carbons (Fsp3) is 0.333. The zero-order valence-corrected chi connectivity index (χ0v) is 8.67. The lowest BCUT2D eigenvalue weighted by molar-refractivity contribution is 0.449. The van der Waals surface area contributed by atoms with Gasteiger partial charge in [0, 0.05) is 17.6 Å². The minimum absolute atomic E-state index is 0.658. The number of nitrogens with zero attached hydrogens (tertiary/aromatic N) is 2. The van der Waals surface area contributed by atoms with E-state index in [-0.39, 0.29) is 0 Å². The third-order valence-corrected chi connectivity index (χ3v) is 2.51. The van der Waals surface area contributed by atoms with Crippen LogP contribution in [0.25, 0.3) is 0 Å². The Hall–Kier alpha value is -1.20. The van der Waals surface area contributed by atoms with Gasteiger partial charge in [-0.3, -0.25) is 4.98 Å². The van der Waals surface area contributed by atoms with Crippen molar-refractivity contribution >= 4 is 11.3 Å². The summed E-state index contributed by atoms with van der Waals surface area (Å²) < 4.78 is 5.32. The quantitative estimate of drug-likeness (QED) is 0.833. The molecule has 1 N–H and O–H groups in total. The summed E-state index contributed by atoms with van der Waals surface area (Å²) in [4.78, 5) is 9.30. The van der Waals surface area contributed by atoms with Gasteiger partial charge < -0.3 is 9.73 Å². The van der Waals surface area contributed by atoms with Gasteiger partial charge in [-0.15, -0.1) is 11.3 Å². The van der Waals surface area contributed by atoms with Gasteiger partial charge in [-0.25, -0.2) is 4.98 Å². The lowest BCUT2D eigenvalue weighted by Gasteiger charge is -1.97. The fourth-order valence-corrected chi connectivity index (χ4v) is 1.67. The van der Waals surface area contributed by atoms with Crippen molar-refractivity contribution in [2.24, 2.45) is 0 Å². The minimum Gasteiger partial charge on any atom is -0.445 e. The first-order valence-corrected chi connectivity index (χ1v) is 5.22. The number of hydrogen-bond donors (Lipinski definition) is 1. The van der Waals surface area contributed by atoms with Crippen LogP contribution in [0.5, 0.6) is 0 Å². The molecule has 4 nitrogen and oxygen atoms in total. The highest BCUT2D eigenvalue weighted by Crippen LogP contribution is 2.05. The van der Waals surface area contributed by atoms with Crippen LogP contribution in [0.4, 0.5) is 0 Å². The van der Waals surface area contributed by atoms with Gasteiger partial charge >= 0.3 is 0 Å². The normalized spacial score (nSPS) is 10.6. The summed E-state index contributed by atoms with van der Waals surface area (Å²) >= 11 is 1.64. The van der Waals surface area contributed by atoms with Gasteiger partial charge in [0.2, 0.25) is 5.89 Å². The van der Waals surface area contributed by atoms with Crippen molar-refractivity contribution in [2.75, 3.05) is 0 Å². The van der Waals surface area contributed by atoms with Crippen LogP contribution in [-0.4, -0.2) is 9.97 Å². The van der Waals surface area contributed by atoms with Crippen molar-refractivity contribution in [3.05, 3.63) is 34.4 Å². The monoisotopic (exact) mass is 209 g/mol. The minimum atomic E-state index is 0.658. The van der Waals surface area contributed by atoms with Crippen molar-refractivity contribution in [3.8, 4) is 0 Å². The maximum Gasteiger partial charge on any atom is 0.208 e. The summed E-state index contributed by atoms with van der Waals surface area (Å²) in [6.45, 7) is 3.36. The Labute approximate surface area is 86.0 Å². The summed E-state index contributed by atoms with van der Waals surface area (Å²) in [7, 11) is 0. The van der Waals surface area contributed by atoms with Gasteiger partial charge in [-0.1, -0.05) is 0 Å². The smallest absolute Gasteiger partial charge is 0.208 e. The second-order valence-electron chi connectivity index (χ2n) is 2.94. The molecule has 0 aliphatic carbocycles. The van der Waals surface area contributed by atoms with E-state index in [1.165, 1.54) is 4.88 Å². The van der Waals surface area contributed by atoms with E-state index in [1.54, 1.807) is 17.5 Å². The highest BCUT2D eigenvalue weighted by molar-refractivity contribution is 7.09. The molecule has 14 heavy (non-hydrogen) atoms. The molecule has 0 radical (unpaired) electrons. The third-order valence-electron chi connectivity index (χ3n) is 1.73. The van der Waals surface area contributed by atoms with Crippen LogP contribution < -0.4 is 5.32 Å². The lowest BCUT2D eigenvalue weighted by Crippen LogP contribution is -2.11. The molecule has 0 unspecified atom stereocenters. The molecule has 0 bridgehead atoms. The van der Waals surface area contributed by atoms with Crippen LogP contribution in [-0.2, 0) is 13.1 Å². The molecule has 2 aromatic rings. The molecule has 0 amide bonds. The Morgan fingerprint density at radius 1 is 1.43 bits per heavy atom. The van der Waals surface area contributed by atoms with Crippen LogP contribution in [0, 0.1) is 6.92 Å². The van der Waals surface area contributed by atoms with E-state index in [2.05, 4.69) is 15.3 Å². The number of aromatic nitrogens is 2. The molecular formula is C9H11N3OS. The third kappa shape index (κ3) is 2.40. The summed E-state index contributed by atoms with van der Waals surface area (Å²) in [5.74, 6) is 1.58. The molecule has 2 heterocycles. The maximum absolute atomic E-state index is 5.32. The highest BCUT2D eigenvalue weighted by Gasteiger charge is 2.00. The van der Waals surface area contributed by atoms with Crippen molar-refractivity contribution in [1.29, 1.82) is 0 Å². The topological polar surface area (TPSA) is 51.0 Å². The van der Waals surface area contributed by atoms with Gasteiger partial charge in [0.25, 0.3) is 0 Å². The molecule has 0 fully saturated rings. The van der Waals surface area contributed by atoms with Crippen LogP contribution in [0.1, 0.15) is 16.5 Å². The second kappa shape index (κ2) is 4.34. The van der Waals surface area contributed by atoms with E-state index in [4.69, 9.17) is 4.42 Å². The fourth-order valence-electron chi connectivity index (χ4n) is 1.11. The first-order chi connectivity index (χ1) is 6.84. The SMILES string of the molecule is Cc1cnc(CNCc2cncs2)o1. The zero-order valence-electron chi connectivity index (χ0n) is 7.86. The molecule has 5 heteroatoms. The van der Waals surface area contributed by atoms with Gasteiger partial charge in [-0.05, 0) is 6.92 Å². The molecule has 0 saturated heterocycles. The van der Waals surface area contributed by atoms with E-state index >= 15 is 0 Å². The van der Waals surface area contributed by atoms with Crippen LogP contribution >= 0.6 is 11.3 Å². The van der Waals surface area contributed by atoms with Crippen molar-refractivity contribution in [2.45, 2.75) is 20.0 Å². The summed E-state index contributed by atoms with van der Waals surface area (Å²) in [5, 5.41) is 3.23. The van der Waals surface area contributed by atoms with Gasteiger partial charge in [0.15, 0.2) is 0 Å². The van der Waals surface area contributed by atoms with Crippen LogP contribution in [0.15, 0.2) is 22.3 Å². The number of rotatable bonds is 4. The van der Waals surface area contributed by atoms with E-state index in [0.717, 1.165) is 18.2 Å². The number of aryl methyl sites for hydroxylation is 1. The van der Waals surface area contributed by atoms with Crippen LogP contribution in [0.2, 0.25) is 0 Å². The summed E-state index contributed by atoms with van der Waals surface area (Å²) in [5.41, 5.74) is 1.83. The van der Waals surface area contributed by atoms with E-state index in [0.29, 0.717) is 6.54 Å². The molecule has 0 aliphatic rings. The average molecular weight is 209 g/mol. The first kappa shape index (κ1) is 9.36. The predicted octanol–water partition coefficient (Wildman–Crippen LogP) is 1.73. The molecule has 74 valence electrons. The number of nitrogens with one attached hydrogen (secondary N) is 1. The number of hydrogen-bond acceptors (Lipinski definition) is 5.